The number of hydrogen-bond donors (Lipinski definition) is 3. The van der Waals surface area contributed by atoms with Gasteiger partial charge in [0, 0.05) is 25.1 Å². The molecule has 150 valence electrons. The number of halogens is 1. The van der Waals surface area contributed by atoms with Crippen molar-refractivity contribution >= 4 is 11.8 Å². The molecule has 2 atom stereocenters. The van der Waals surface area contributed by atoms with Crippen molar-refractivity contribution in [3.8, 4) is 0 Å². The lowest BCUT2D eigenvalue weighted by atomic mass is 9.85. The zero-order valence-electron chi connectivity index (χ0n) is 15.9. The van der Waals surface area contributed by atoms with E-state index >= 15 is 0 Å². The topological polar surface area (TPSA) is 87.7 Å². The number of benzene rings is 2. The molecule has 0 saturated heterocycles. The smallest absolute Gasteiger partial charge is 0.251 e. The predicted octanol–water partition coefficient (Wildman–Crippen LogP) is 2.81. The Hall–Kier alpha value is -2.77. The molecule has 3 N–H and O–H groups in total. The molecular weight excluding hydrogens is 363 g/mol. The Labute approximate surface area is 163 Å². The third-order valence-electron chi connectivity index (χ3n) is 4.54. The van der Waals surface area contributed by atoms with Gasteiger partial charge in [-0.1, -0.05) is 24.3 Å². The predicted molar refractivity (Wildman–Crippen MR) is 103 cm³/mol. The average Bonchev–Trinajstić information content (AvgIpc) is 2.72. The van der Waals surface area contributed by atoms with Gasteiger partial charge in [-0.25, -0.2) is 9.87 Å². The fraction of sp³-hybridized carbons (Fsp3) is 0.333. The van der Waals surface area contributed by atoms with Crippen LogP contribution in [-0.2, 0) is 16.0 Å². The molecule has 7 heteroatoms. The Balaban J connectivity index is 2.32. The van der Waals surface area contributed by atoms with Crippen LogP contribution in [0.15, 0.2) is 48.5 Å². The standard InChI is InChI=1S/C21H25FN2O4/c1-3-28-19(13-20(25)24-27)18(15-8-10-17(22)11-9-15)12-14-4-6-16(7-5-14)21(26)23-2/h4-11,18-19,27H,3,12-13H2,1-2H3,(H,23,26)(H,24,25)/t18-,19-/m1/s1. The molecule has 0 aromatic heterocycles. The van der Waals surface area contributed by atoms with Crippen molar-refractivity contribution in [2.45, 2.75) is 31.8 Å². The highest BCUT2D eigenvalue weighted by molar-refractivity contribution is 5.93. The van der Waals surface area contributed by atoms with Crippen molar-refractivity contribution in [1.82, 2.24) is 10.8 Å². The second-order valence-electron chi connectivity index (χ2n) is 6.37. The van der Waals surface area contributed by atoms with Crippen LogP contribution in [0.3, 0.4) is 0 Å². The molecule has 0 spiro atoms. The monoisotopic (exact) mass is 388 g/mol. The molecule has 0 heterocycles. The lowest BCUT2D eigenvalue weighted by molar-refractivity contribution is -0.132. The summed E-state index contributed by atoms with van der Waals surface area (Å²) in [4.78, 5) is 23.5. The molecule has 2 aromatic carbocycles. The highest BCUT2D eigenvalue weighted by atomic mass is 19.1. The molecule has 2 rings (SSSR count). The number of ether oxygens (including phenoxy) is 1. The molecule has 0 fully saturated rings. The van der Waals surface area contributed by atoms with Gasteiger partial charge in [-0.2, -0.15) is 0 Å². The first kappa shape index (κ1) is 21.5. The van der Waals surface area contributed by atoms with Gasteiger partial charge in [-0.05, 0) is 48.7 Å². The van der Waals surface area contributed by atoms with Crippen molar-refractivity contribution in [2.24, 2.45) is 0 Å². The summed E-state index contributed by atoms with van der Waals surface area (Å²) in [5.74, 6) is -1.32. The van der Waals surface area contributed by atoms with E-state index in [2.05, 4.69) is 5.32 Å². The Morgan fingerprint density at radius 3 is 2.29 bits per heavy atom. The van der Waals surface area contributed by atoms with Crippen LogP contribution in [0.1, 0.15) is 40.7 Å². The van der Waals surface area contributed by atoms with Crippen LogP contribution in [0.25, 0.3) is 0 Å². The molecule has 6 nitrogen and oxygen atoms in total. The lowest BCUT2D eigenvalue weighted by Crippen LogP contribution is -2.31. The number of carbonyl (C=O) groups excluding carboxylic acids is 2. The van der Waals surface area contributed by atoms with E-state index in [0.29, 0.717) is 18.6 Å². The summed E-state index contributed by atoms with van der Waals surface area (Å²) in [5.41, 5.74) is 3.94. The number of hydroxylamine groups is 1. The van der Waals surface area contributed by atoms with Crippen molar-refractivity contribution in [2.75, 3.05) is 13.7 Å². The van der Waals surface area contributed by atoms with E-state index in [1.165, 1.54) is 12.1 Å². The molecule has 0 aliphatic rings. The maximum Gasteiger partial charge on any atom is 0.251 e. The Bertz CT molecular complexity index is 778. The summed E-state index contributed by atoms with van der Waals surface area (Å²) < 4.78 is 19.2. The van der Waals surface area contributed by atoms with E-state index in [0.717, 1.165) is 11.1 Å². The van der Waals surface area contributed by atoms with Gasteiger partial charge in [0.05, 0.1) is 12.5 Å². The van der Waals surface area contributed by atoms with Crippen molar-refractivity contribution in [3.63, 3.8) is 0 Å². The minimum Gasteiger partial charge on any atom is -0.377 e. The lowest BCUT2D eigenvalue weighted by Gasteiger charge is -2.27. The van der Waals surface area contributed by atoms with Crippen molar-refractivity contribution < 1.29 is 23.9 Å². The van der Waals surface area contributed by atoms with Gasteiger partial charge in [0.1, 0.15) is 5.82 Å². The van der Waals surface area contributed by atoms with Gasteiger partial charge < -0.3 is 10.1 Å². The normalized spacial score (nSPS) is 12.9. The van der Waals surface area contributed by atoms with Gasteiger partial charge in [-0.3, -0.25) is 14.8 Å². The molecule has 0 aliphatic carbocycles. The minimum atomic E-state index is -0.555. The Morgan fingerprint density at radius 1 is 1.11 bits per heavy atom. The van der Waals surface area contributed by atoms with Crippen LogP contribution in [0, 0.1) is 5.82 Å². The first-order valence-corrected chi connectivity index (χ1v) is 9.09. The molecule has 0 saturated carbocycles. The molecule has 0 aliphatic heterocycles. The fourth-order valence-electron chi connectivity index (χ4n) is 3.12. The first-order chi connectivity index (χ1) is 13.5. The first-order valence-electron chi connectivity index (χ1n) is 9.09. The molecule has 2 amide bonds. The second kappa shape index (κ2) is 10.5. The Kier molecular flexibility index (Phi) is 8.10. The summed E-state index contributed by atoms with van der Waals surface area (Å²) >= 11 is 0. The molecule has 28 heavy (non-hydrogen) atoms. The van der Waals surface area contributed by atoms with Gasteiger partial charge in [0.15, 0.2) is 0 Å². The summed E-state index contributed by atoms with van der Waals surface area (Å²) in [6.45, 7) is 2.21. The van der Waals surface area contributed by atoms with Crippen LogP contribution >= 0.6 is 0 Å². The zero-order valence-corrected chi connectivity index (χ0v) is 15.9. The molecule has 0 bridgehead atoms. The largest absolute Gasteiger partial charge is 0.377 e. The maximum atomic E-state index is 13.4. The third-order valence-corrected chi connectivity index (χ3v) is 4.54. The maximum absolute atomic E-state index is 13.4. The zero-order chi connectivity index (χ0) is 20.5. The van der Waals surface area contributed by atoms with Gasteiger partial charge in [0.2, 0.25) is 5.91 Å². The SMILES string of the molecule is CCO[C@H](CC(=O)NO)[C@H](Cc1ccc(C(=O)NC)cc1)c1ccc(F)cc1. The van der Waals surface area contributed by atoms with Crippen LogP contribution in [-0.4, -0.2) is 36.8 Å². The summed E-state index contributed by atoms with van der Waals surface area (Å²) in [6.07, 6.45) is -0.0348. The Morgan fingerprint density at radius 2 is 1.75 bits per heavy atom. The van der Waals surface area contributed by atoms with Gasteiger partial charge in [-0.15, -0.1) is 0 Å². The van der Waals surface area contributed by atoms with E-state index in [1.54, 1.807) is 36.8 Å². The van der Waals surface area contributed by atoms with E-state index in [1.807, 2.05) is 19.1 Å². The highest BCUT2D eigenvalue weighted by Crippen LogP contribution is 2.29. The molecular formula is C21H25FN2O4. The second-order valence-corrected chi connectivity index (χ2v) is 6.37. The van der Waals surface area contributed by atoms with Crippen LogP contribution in [0.5, 0.6) is 0 Å². The fourth-order valence-corrected chi connectivity index (χ4v) is 3.12. The van der Waals surface area contributed by atoms with Gasteiger partial charge in [0.25, 0.3) is 5.91 Å². The number of rotatable bonds is 9. The third kappa shape index (κ3) is 5.87. The summed E-state index contributed by atoms with van der Waals surface area (Å²) in [6, 6.07) is 13.2. The minimum absolute atomic E-state index is 0.0390. The van der Waals surface area contributed by atoms with E-state index in [4.69, 9.17) is 9.94 Å². The summed E-state index contributed by atoms with van der Waals surface area (Å²) in [5, 5.41) is 11.5. The van der Waals surface area contributed by atoms with Crippen LogP contribution in [0.2, 0.25) is 0 Å². The van der Waals surface area contributed by atoms with Crippen LogP contribution in [0.4, 0.5) is 4.39 Å². The number of amides is 2. The van der Waals surface area contributed by atoms with Crippen LogP contribution < -0.4 is 10.8 Å². The number of nitrogens with one attached hydrogen (secondary N) is 2. The van der Waals surface area contributed by atoms with E-state index < -0.39 is 12.0 Å². The van der Waals surface area contributed by atoms with E-state index in [-0.39, 0.29) is 24.1 Å². The molecule has 0 radical (unpaired) electrons. The highest BCUT2D eigenvalue weighted by Gasteiger charge is 2.27. The van der Waals surface area contributed by atoms with E-state index in [9.17, 15) is 14.0 Å². The average molecular weight is 388 g/mol. The number of carbonyl (C=O) groups is 2. The molecule has 0 unspecified atom stereocenters. The van der Waals surface area contributed by atoms with Crippen molar-refractivity contribution in [1.29, 1.82) is 0 Å². The van der Waals surface area contributed by atoms with Gasteiger partial charge >= 0.3 is 0 Å². The summed E-state index contributed by atoms with van der Waals surface area (Å²) in [7, 11) is 1.57. The van der Waals surface area contributed by atoms with Crippen molar-refractivity contribution in [3.05, 3.63) is 71.0 Å². The number of hydrogen-bond acceptors (Lipinski definition) is 4. The molecule has 2 aromatic rings. The quantitative estimate of drug-likeness (QED) is 0.455.